The standard InChI is InChI=1S/C15H19N5O3/c1-4-12-19-20-13(23-12)8-17-15(22)18-11-6-5-10(7-9(11)2)14(21)16-3/h5-7H,4,8H2,1-3H3,(H,16,21)(H2,17,18,22). The van der Waals surface area contributed by atoms with Gasteiger partial charge in [0.15, 0.2) is 0 Å². The highest BCUT2D eigenvalue weighted by Crippen LogP contribution is 2.16. The summed E-state index contributed by atoms with van der Waals surface area (Å²) in [6, 6.07) is 4.64. The SMILES string of the molecule is CCc1nnc(CNC(=O)Nc2ccc(C(=O)NC)cc2C)o1. The topological polar surface area (TPSA) is 109 Å². The maximum atomic E-state index is 11.9. The molecule has 0 aliphatic rings. The van der Waals surface area contributed by atoms with Crippen LogP contribution in [0, 0.1) is 6.92 Å². The minimum atomic E-state index is -0.392. The van der Waals surface area contributed by atoms with Gasteiger partial charge in [-0.3, -0.25) is 4.79 Å². The lowest BCUT2D eigenvalue weighted by Gasteiger charge is -2.10. The van der Waals surface area contributed by atoms with E-state index in [1.54, 1.807) is 25.2 Å². The third-order valence-electron chi connectivity index (χ3n) is 3.18. The third kappa shape index (κ3) is 4.29. The van der Waals surface area contributed by atoms with Crippen LogP contribution in [0.1, 0.15) is 34.6 Å². The van der Waals surface area contributed by atoms with Crippen molar-refractivity contribution < 1.29 is 14.0 Å². The number of carbonyl (C=O) groups is 2. The van der Waals surface area contributed by atoms with Gasteiger partial charge in [0.25, 0.3) is 5.91 Å². The van der Waals surface area contributed by atoms with Crippen LogP contribution in [-0.4, -0.2) is 29.2 Å². The van der Waals surface area contributed by atoms with Crippen molar-refractivity contribution in [3.8, 4) is 0 Å². The Hall–Kier alpha value is -2.90. The Bertz CT molecular complexity index is 711. The van der Waals surface area contributed by atoms with E-state index in [1.807, 2.05) is 13.8 Å². The number of hydrogen-bond acceptors (Lipinski definition) is 5. The van der Waals surface area contributed by atoms with Gasteiger partial charge in [-0.1, -0.05) is 6.92 Å². The number of urea groups is 1. The van der Waals surface area contributed by atoms with E-state index in [1.165, 1.54) is 0 Å². The summed E-state index contributed by atoms with van der Waals surface area (Å²) >= 11 is 0. The molecule has 3 amide bonds. The van der Waals surface area contributed by atoms with Gasteiger partial charge in [0, 0.05) is 24.7 Å². The molecule has 0 fully saturated rings. The molecule has 122 valence electrons. The largest absolute Gasteiger partial charge is 0.423 e. The van der Waals surface area contributed by atoms with Gasteiger partial charge in [0.1, 0.15) is 0 Å². The summed E-state index contributed by atoms with van der Waals surface area (Å²) in [6.45, 7) is 3.87. The van der Waals surface area contributed by atoms with Crippen molar-refractivity contribution in [2.24, 2.45) is 0 Å². The number of aromatic nitrogens is 2. The maximum Gasteiger partial charge on any atom is 0.319 e. The number of hydrogen-bond donors (Lipinski definition) is 3. The molecule has 1 aromatic carbocycles. The maximum absolute atomic E-state index is 11.9. The zero-order chi connectivity index (χ0) is 16.8. The summed E-state index contributed by atoms with van der Waals surface area (Å²) in [5.74, 6) is 0.707. The number of aryl methyl sites for hydroxylation is 2. The fourth-order valence-electron chi connectivity index (χ4n) is 1.91. The minimum absolute atomic E-state index is 0.147. The second-order valence-electron chi connectivity index (χ2n) is 4.86. The fraction of sp³-hybridized carbons (Fsp3) is 0.333. The Kier molecular flexibility index (Phi) is 5.29. The van der Waals surface area contributed by atoms with Gasteiger partial charge < -0.3 is 20.4 Å². The Morgan fingerprint density at radius 2 is 1.96 bits per heavy atom. The Morgan fingerprint density at radius 3 is 2.57 bits per heavy atom. The van der Waals surface area contributed by atoms with E-state index < -0.39 is 6.03 Å². The lowest BCUT2D eigenvalue weighted by molar-refractivity contribution is 0.0963. The van der Waals surface area contributed by atoms with E-state index in [9.17, 15) is 9.59 Å². The quantitative estimate of drug-likeness (QED) is 0.776. The molecular weight excluding hydrogens is 298 g/mol. The van der Waals surface area contributed by atoms with Crippen LogP contribution in [0.4, 0.5) is 10.5 Å². The normalized spacial score (nSPS) is 10.2. The summed E-state index contributed by atoms with van der Waals surface area (Å²) in [4.78, 5) is 23.4. The van der Waals surface area contributed by atoms with Crippen molar-refractivity contribution in [2.75, 3.05) is 12.4 Å². The Morgan fingerprint density at radius 1 is 1.22 bits per heavy atom. The first-order valence-electron chi connectivity index (χ1n) is 7.22. The molecule has 0 radical (unpaired) electrons. The van der Waals surface area contributed by atoms with Gasteiger partial charge >= 0.3 is 6.03 Å². The molecule has 0 aliphatic carbocycles. The monoisotopic (exact) mass is 317 g/mol. The Balaban J connectivity index is 1.93. The molecule has 0 saturated carbocycles. The molecule has 0 saturated heterocycles. The van der Waals surface area contributed by atoms with E-state index in [2.05, 4.69) is 26.1 Å². The lowest BCUT2D eigenvalue weighted by Crippen LogP contribution is -2.28. The number of nitrogens with one attached hydrogen (secondary N) is 3. The highest BCUT2D eigenvalue weighted by atomic mass is 16.4. The van der Waals surface area contributed by atoms with Crippen LogP contribution in [0.25, 0.3) is 0 Å². The van der Waals surface area contributed by atoms with E-state index in [-0.39, 0.29) is 12.5 Å². The van der Waals surface area contributed by atoms with Gasteiger partial charge in [-0.15, -0.1) is 10.2 Å². The molecule has 8 heteroatoms. The average molecular weight is 317 g/mol. The van der Waals surface area contributed by atoms with Gasteiger partial charge in [0.2, 0.25) is 11.8 Å². The first kappa shape index (κ1) is 16.5. The van der Waals surface area contributed by atoms with Crippen molar-refractivity contribution in [3.05, 3.63) is 41.1 Å². The second kappa shape index (κ2) is 7.39. The van der Waals surface area contributed by atoms with Crippen LogP contribution in [0.5, 0.6) is 0 Å². The number of anilines is 1. The molecular formula is C15H19N5O3. The molecule has 0 aliphatic heterocycles. The number of amides is 3. The molecule has 2 rings (SSSR count). The molecule has 0 bridgehead atoms. The minimum Gasteiger partial charge on any atom is -0.423 e. The number of nitrogens with zero attached hydrogens (tertiary/aromatic N) is 2. The van der Waals surface area contributed by atoms with Gasteiger partial charge in [-0.25, -0.2) is 4.79 Å². The molecule has 0 spiro atoms. The zero-order valence-corrected chi connectivity index (χ0v) is 13.3. The van der Waals surface area contributed by atoms with Gasteiger partial charge in [-0.05, 0) is 30.7 Å². The number of rotatable bonds is 5. The molecule has 0 unspecified atom stereocenters. The van der Waals surface area contributed by atoms with E-state index in [4.69, 9.17) is 4.42 Å². The average Bonchev–Trinajstić information content (AvgIpc) is 3.02. The summed E-state index contributed by atoms with van der Waals surface area (Å²) in [7, 11) is 1.57. The zero-order valence-electron chi connectivity index (χ0n) is 13.3. The Labute approximate surface area is 133 Å². The number of carbonyl (C=O) groups excluding carboxylic acids is 2. The van der Waals surface area contributed by atoms with Crippen LogP contribution in [0.15, 0.2) is 22.6 Å². The first-order valence-corrected chi connectivity index (χ1v) is 7.22. The van der Waals surface area contributed by atoms with E-state index >= 15 is 0 Å². The first-order chi connectivity index (χ1) is 11.0. The summed E-state index contributed by atoms with van der Waals surface area (Å²) in [6.07, 6.45) is 0.649. The van der Waals surface area contributed by atoms with Crippen molar-refractivity contribution >= 4 is 17.6 Å². The van der Waals surface area contributed by atoms with E-state index in [0.717, 1.165) is 5.56 Å². The van der Waals surface area contributed by atoms with Crippen LogP contribution < -0.4 is 16.0 Å². The van der Waals surface area contributed by atoms with Crippen LogP contribution in [-0.2, 0) is 13.0 Å². The third-order valence-corrected chi connectivity index (χ3v) is 3.18. The van der Waals surface area contributed by atoms with Crippen LogP contribution >= 0.6 is 0 Å². The second-order valence-corrected chi connectivity index (χ2v) is 4.86. The van der Waals surface area contributed by atoms with Crippen LogP contribution in [0.3, 0.4) is 0 Å². The molecule has 8 nitrogen and oxygen atoms in total. The van der Waals surface area contributed by atoms with Crippen molar-refractivity contribution in [1.82, 2.24) is 20.8 Å². The van der Waals surface area contributed by atoms with Crippen molar-refractivity contribution in [3.63, 3.8) is 0 Å². The predicted molar refractivity (Wildman–Crippen MR) is 84.1 cm³/mol. The molecule has 0 atom stereocenters. The molecule has 2 aromatic rings. The molecule has 1 heterocycles. The molecule has 1 aromatic heterocycles. The fourth-order valence-corrected chi connectivity index (χ4v) is 1.91. The summed E-state index contributed by atoms with van der Waals surface area (Å²) < 4.78 is 5.30. The smallest absolute Gasteiger partial charge is 0.319 e. The van der Waals surface area contributed by atoms with Gasteiger partial charge in [0.05, 0.1) is 6.54 Å². The number of benzene rings is 1. The summed E-state index contributed by atoms with van der Waals surface area (Å²) in [5.41, 5.74) is 1.94. The molecule has 23 heavy (non-hydrogen) atoms. The highest BCUT2D eigenvalue weighted by molar-refractivity contribution is 5.96. The predicted octanol–water partition coefficient (Wildman–Crippen LogP) is 1.62. The van der Waals surface area contributed by atoms with E-state index in [0.29, 0.717) is 29.5 Å². The van der Waals surface area contributed by atoms with Gasteiger partial charge in [-0.2, -0.15) is 0 Å². The van der Waals surface area contributed by atoms with Crippen LogP contribution in [0.2, 0.25) is 0 Å². The van der Waals surface area contributed by atoms with Crippen molar-refractivity contribution in [1.29, 1.82) is 0 Å². The molecule has 3 N–H and O–H groups in total. The lowest BCUT2D eigenvalue weighted by atomic mass is 10.1. The van der Waals surface area contributed by atoms with Crippen molar-refractivity contribution in [2.45, 2.75) is 26.8 Å². The highest BCUT2D eigenvalue weighted by Gasteiger charge is 2.10. The summed E-state index contributed by atoms with van der Waals surface area (Å²) in [5, 5.41) is 15.5.